The molecule has 0 saturated heterocycles. The van der Waals surface area contributed by atoms with Crippen molar-refractivity contribution in [3.05, 3.63) is 41.1 Å². The van der Waals surface area contributed by atoms with Crippen LogP contribution in [0.4, 0.5) is 5.82 Å². The first kappa shape index (κ1) is 23.1. The van der Waals surface area contributed by atoms with Gasteiger partial charge in [0.05, 0.1) is 12.3 Å². The fraction of sp³-hybridized carbons (Fsp3) is 0.417. The lowest BCUT2D eigenvalue weighted by atomic mass is 9.83. The third-order valence-corrected chi connectivity index (χ3v) is 5.88. The van der Waals surface area contributed by atoms with Crippen LogP contribution >= 0.6 is 0 Å². The third kappa shape index (κ3) is 4.67. The van der Waals surface area contributed by atoms with E-state index in [0.717, 1.165) is 53.8 Å². The molecule has 0 bridgehead atoms. The first-order valence-corrected chi connectivity index (χ1v) is 10.9. The Morgan fingerprint density at radius 3 is 2.75 bits per heavy atom. The topological polar surface area (TPSA) is 130 Å². The second kappa shape index (κ2) is 10.6. The number of ether oxygens (including phenoxy) is 1. The van der Waals surface area contributed by atoms with Gasteiger partial charge in [-0.15, -0.1) is 0 Å². The number of carbonyl (C=O) groups is 2. The summed E-state index contributed by atoms with van der Waals surface area (Å²) in [4.78, 5) is 27.7. The number of nitrogens with zero attached hydrogens (tertiary/aromatic N) is 3. The summed E-state index contributed by atoms with van der Waals surface area (Å²) in [6.45, 7) is 3.51. The van der Waals surface area contributed by atoms with Gasteiger partial charge < -0.3 is 20.5 Å². The van der Waals surface area contributed by atoms with E-state index >= 15 is 0 Å². The van der Waals surface area contributed by atoms with Gasteiger partial charge in [-0.2, -0.15) is 5.26 Å². The van der Waals surface area contributed by atoms with Crippen LogP contribution in [-0.4, -0.2) is 40.5 Å². The largest absolute Gasteiger partial charge is 0.493 e. The Labute approximate surface area is 187 Å². The molecule has 0 atom stereocenters. The molecular weight excluding hydrogens is 408 g/mol. The molecule has 0 unspecified atom stereocenters. The first-order valence-electron chi connectivity index (χ1n) is 10.9. The van der Waals surface area contributed by atoms with E-state index in [0.29, 0.717) is 31.7 Å². The van der Waals surface area contributed by atoms with E-state index in [1.807, 2.05) is 29.2 Å². The summed E-state index contributed by atoms with van der Waals surface area (Å²) in [6, 6.07) is 9.95. The molecule has 1 saturated carbocycles. The van der Waals surface area contributed by atoms with Crippen LogP contribution < -0.4 is 10.5 Å². The lowest BCUT2D eigenvalue weighted by Gasteiger charge is -2.35. The SMILES string of the molecule is CCCOc1ccccc1-c1c(C#N)c(N)nc2c1CN(C(=O)C1CCC1)CC2.O=CO. The number of nitrogens with two attached hydrogens (primary N) is 1. The second-order valence-corrected chi connectivity index (χ2v) is 7.87. The predicted octanol–water partition coefficient (Wildman–Crippen LogP) is 3.38. The van der Waals surface area contributed by atoms with Crippen LogP contribution in [0.25, 0.3) is 11.1 Å². The Kier molecular flexibility index (Phi) is 7.66. The number of carbonyl (C=O) groups excluding carboxylic acids is 1. The summed E-state index contributed by atoms with van der Waals surface area (Å²) in [7, 11) is 0. The van der Waals surface area contributed by atoms with Gasteiger partial charge in [0.25, 0.3) is 6.47 Å². The molecule has 8 heteroatoms. The van der Waals surface area contributed by atoms with Gasteiger partial charge in [0.1, 0.15) is 23.2 Å². The van der Waals surface area contributed by atoms with Gasteiger partial charge in [-0.25, -0.2) is 4.98 Å². The van der Waals surface area contributed by atoms with Crippen molar-refractivity contribution >= 4 is 18.2 Å². The van der Waals surface area contributed by atoms with E-state index in [2.05, 4.69) is 18.0 Å². The summed E-state index contributed by atoms with van der Waals surface area (Å²) in [5, 5.41) is 16.7. The van der Waals surface area contributed by atoms with E-state index in [-0.39, 0.29) is 24.1 Å². The molecule has 2 aromatic rings. The summed E-state index contributed by atoms with van der Waals surface area (Å²) >= 11 is 0. The number of nitriles is 1. The van der Waals surface area contributed by atoms with Crippen molar-refractivity contribution in [2.75, 3.05) is 18.9 Å². The molecule has 2 heterocycles. The molecule has 0 radical (unpaired) electrons. The van der Waals surface area contributed by atoms with Crippen molar-refractivity contribution in [1.29, 1.82) is 5.26 Å². The van der Waals surface area contributed by atoms with Crippen molar-refractivity contribution < 1.29 is 19.4 Å². The number of para-hydroxylation sites is 1. The van der Waals surface area contributed by atoms with E-state index in [4.69, 9.17) is 20.4 Å². The highest BCUT2D eigenvalue weighted by atomic mass is 16.5. The van der Waals surface area contributed by atoms with E-state index in [9.17, 15) is 10.1 Å². The van der Waals surface area contributed by atoms with Gasteiger partial charge in [-0.1, -0.05) is 31.5 Å². The molecule has 32 heavy (non-hydrogen) atoms. The fourth-order valence-corrected chi connectivity index (χ4v) is 4.10. The van der Waals surface area contributed by atoms with E-state index < -0.39 is 0 Å². The molecule has 1 aliphatic carbocycles. The number of anilines is 1. The minimum absolute atomic E-state index is 0.150. The highest BCUT2D eigenvalue weighted by Crippen LogP contribution is 2.40. The molecule has 1 fully saturated rings. The summed E-state index contributed by atoms with van der Waals surface area (Å²) in [6.07, 6.45) is 4.62. The fourth-order valence-electron chi connectivity index (χ4n) is 4.10. The molecule has 3 N–H and O–H groups in total. The average molecular weight is 437 g/mol. The average Bonchev–Trinajstić information content (AvgIpc) is 2.76. The number of fused-ring (bicyclic) bond motifs is 1. The molecule has 1 aromatic carbocycles. The molecule has 1 aliphatic heterocycles. The van der Waals surface area contributed by atoms with Gasteiger partial charge in [0.2, 0.25) is 5.91 Å². The van der Waals surface area contributed by atoms with Gasteiger partial charge in [0.15, 0.2) is 0 Å². The monoisotopic (exact) mass is 436 g/mol. The van der Waals surface area contributed by atoms with Crippen molar-refractivity contribution in [1.82, 2.24) is 9.88 Å². The highest BCUT2D eigenvalue weighted by molar-refractivity contribution is 5.84. The lowest BCUT2D eigenvalue weighted by Crippen LogP contribution is -2.42. The molecular formula is C24H28N4O4. The Morgan fingerprint density at radius 2 is 2.12 bits per heavy atom. The number of carboxylic acid groups (broad SMARTS) is 1. The minimum Gasteiger partial charge on any atom is -0.493 e. The maximum atomic E-state index is 12.9. The quantitative estimate of drug-likeness (QED) is 0.687. The number of rotatable bonds is 5. The zero-order chi connectivity index (χ0) is 23.1. The maximum Gasteiger partial charge on any atom is 0.290 e. The smallest absolute Gasteiger partial charge is 0.290 e. The van der Waals surface area contributed by atoms with E-state index in [1.165, 1.54) is 0 Å². The maximum absolute atomic E-state index is 12.9. The number of hydrogen-bond donors (Lipinski definition) is 2. The summed E-state index contributed by atoms with van der Waals surface area (Å²) in [5.74, 6) is 1.34. The molecule has 2 aliphatic rings. The van der Waals surface area contributed by atoms with Crippen molar-refractivity contribution in [2.24, 2.45) is 5.92 Å². The Hall–Kier alpha value is -3.60. The molecule has 0 spiro atoms. The molecule has 168 valence electrons. The summed E-state index contributed by atoms with van der Waals surface area (Å²) < 4.78 is 5.96. The van der Waals surface area contributed by atoms with Crippen molar-refractivity contribution in [3.8, 4) is 22.9 Å². The third-order valence-electron chi connectivity index (χ3n) is 5.88. The minimum atomic E-state index is -0.250. The normalized spacial score (nSPS) is 14.8. The Balaban J connectivity index is 0.000000913. The number of aromatic nitrogens is 1. The van der Waals surface area contributed by atoms with Crippen LogP contribution in [0.5, 0.6) is 5.75 Å². The predicted molar refractivity (Wildman–Crippen MR) is 120 cm³/mol. The number of benzene rings is 1. The lowest BCUT2D eigenvalue weighted by molar-refractivity contribution is -0.139. The Morgan fingerprint density at radius 1 is 1.41 bits per heavy atom. The number of nitrogen functional groups attached to an aromatic ring is 1. The van der Waals surface area contributed by atoms with Gasteiger partial charge >= 0.3 is 0 Å². The molecule has 1 amide bonds. The zero-order valence-electron chi connectivity index (χ0n) is 18.2. The second-order valence-electron chi connectivity index (χ2n) is 7.87. The van der Waals surface area contributed by atoms with Crippen LogP contribution in [0.1, 0.15) is 49.4 Å². The summed E-state index contributed by atoms with van der Waals surface area (Å²) in [5.41, 5.74) is 9.90. The van der Waals surface area contributed by atoms with Crippen LogP contribution in [0.3, 0.4) is 0 Å². The Bertz CT molecular complexity index is 1030. The van der Waals surface area contributed by atoms with Gasteiger partial charge in [-0.3, -0.25) is 9.59 Å². The van der Waals surface area contributed by atoms with Gasteiger partial charge in [-0.05, 0) is 25.3 Å². The van der Waals surface area contributed by atoms with Crippen LogP contribution in [0.15, 0.2) is 24.3 Å². The number of pyridine rings is 1. The van der Waals surface area contributed by atoms with E-state index in [1.54, 1.807) is 0 Å². The van der Waals surface area contributed by atoms with Crippen LogP contribution in [-0.2, 0) is 22.6 Å². The molecule has 1 aromatic heterocycles. The standard InChI is InChI=1S/C23H26N4O2.CH2O2/c1-2-12-29-20-9-4-3-8-16(20)21-17(13-24)22(25)26-19-10-11-27(14-18(19)21)23(28)15-6-5-7-15;2-1-3/h3-4,8-9,15H,2,5-7,10-12,14H2,1H3,(H2,25,26);1H,(H,2,3). The number of hydrogen-bond acceptors (Lipinski definition) is 6. The molecule has 8 nitrogen and oxygen atoms in total. The molecule has 4 rings (SSSR count). The van der Waals surface area contributed by atoms with Crippen LogP contribution in [0.2, 0.25) is 0 Å². The van der Waals surface area contributed by atoms with Crippen molar-refractivity contribution in [2.45, 2.75) is 45.6 Å². The highest BCUT2D eigenvalue weighted by Gasteiger charge is 2.33. The first-order chi connectivity index (χ1) is 15.5. The van der Waals surface area contributed by atoms with Crippen molar-refractivity contribution in [3.63, 3.8) is 0 Å². The number of amides is 1. The van der Waals surface area contributed by atoms with Gasteiger partial charge in [0, 0.05) is 42.1 Å². The van der Waals surface area contributed by atoms with Crippen LogP contribution in [0, 0.1) is 17.2 Å². The zero-order valence-corrected chi connectivity index (χ0v) is 18.2.